The maximum atomic E-state index is 9.07. The number of hydrogen-bond acceptors (Lipinski definition) is 9. The summed E-state index contributed by atoms with van der Waals surface area (Å²) in [5.74, 6) is -0.345. The van der Waals surface area contributed by atoms with Crippen LogP contribution in [0.3, 0.4) is 0 Å². The number of rotatable bonds is 0. The van der Waals surface area contributed by atoms with E-state index in [1.807, 2.05) is 0 Å². The fraction of sp³-hybridized carbons (Fsp3) is 0. The largest absolute Gasteiger partial charge is 0.505 e. The minimum Gasteiger partial charge on any atom is -0.505 e. The van der Waals surface area contributed by atoms with Crippen molar-refractivity contribution in [3.8, 4) is 17.2 Å². The lowest BCUT2D eigenvalue weighted by molar-refractivity contribution is 0.368. The minimum absolute atomic E-state index is 0.115. The molecule has 0 aliphatic heterocycles. The molecule has 0 unspecified atom stereocenters. The van der Waals surface area contributed by atoms with E-state index in [0.717, 1.165) is 0 Å². The molecule has 0 fully saturated rings. The van der Waals surface area contributed by atoms with Gasteiger partial charge < -0.3 is 30.0 Å². The molecule has 0 radical (unpaired) electrons. The summed E-state index contributed by atoms with van der Waals surface area (Å²) in [7, 11) is -2.62. The quantitative estimate of drug-likeness (QED) is 0.0882. The molecule has 0 spiro atoms. The molecular formula is C18H15Cl6O6PS3. The fourth-order valence-corrected chi connectivity index (χ4v) is 3.24. The van der Waals surface area contributed by atoms with Gasteiger partial charge in [0.2, 0.25) is 0 Å². The molecule has 0 aliphatic carbocycles. The molecule has 188 valence electrons. The van der Waals surface area contributed by atoms with Crippen molar-refractivity contribution < 1.29 is 30.0 Å². The summed E-state index contributed by atoms with van der Waals surface area (Å²) in [6.07, 6.45) is 0. The summed E-state index contributed by atoms with van der Waals surface area (Å²) in [5, 5.41) is 28.5. The highest BCUT2D eigenvalue weighted by atomic mass is 35.5. The zero-order chi connectivity index (χ0) is 26.7. The standard InChI is InChI=1S/3C6H4Cl2OS.H3O3P/c3*7-3-1-2-4(10)5(8)6(3)9;1-4(2)3/h3*1-2,9-10H;1-3H. The van der Waals surface area contributed by atoms with Crippen LogP contribution < -0.4 is 0 Å². The number of phenolic OH excluding ortho intramolecular Hbond substituents is 3. The van der Waals surface area contributed by atoms with E-state index < -0.39 is 8.60 Å². The predicted octanol–water partition coefficient (Wildman–Crippen LogP) is 8.15. The van der Waals surface area contributed by atoms with Crippen LogP contribution in [0.1, 0.15) is 0 Å². The first-order valence-electron chi connectivity index (χ1n) is 8.06. The van der Waals surface area contributed by atoms with E-state index in [4.69, 9.17) is 99.6 Å². The lowest BCUT2D eigenvalue weighted by atomic mass is 10.3. The van der Waals surface area contributed by atoms with Crippen LogP contribution in [-0.2, 0) is 0 Å². The van der Waals surface area contributed by atoms with E-state index in [1.54, 1.807) is 18.2 Å². The zero-order valence-corrected chi connectivity index (χ0v) is 24.3. The zero-order valence-electron chi connectivity index (χ0n) is 16.2. The van der Waals surface area contributed by atoms with Gasteiger partial charge >= 0.3 is 8.60 Å². The van der Waals surface area contributed by atoms with Gasteiger partial charge in [0.15, 0.2) is 17.2 Å². The molecule has 0 saturated heterocycles. The molecule has 6 N–H and O–H groups in total. The van der Waals surface area contributed by atoms with E-state index >= 15 is 0 Å². The molecule has 0 aliphatic rings. The van der Waals surface area contributed by atoms with Crippen LogP contribution >= 0.6 is 116 Å². The number of benzene rings is 3. The minimum atomic E-state index is -2.62. The fourth-order valence-electron chi connectivity index (χ4n) is 1.59. The molecule has 0 heterocycles. The van der Waals surface area contributed by atoms with Crippen LogP contribution in [0.4, 0.5) is 0 Å². The SMILES string of the molecule is OP(O)O.Oc1c(Cl)ccc(S)c1Cl.Oc1c(Cl)ccc(S)c1Cl.Oc1c(Cl)ccc(S)c1Cl. The highest BCUT2D eigenvalue weighted by Crippen LogP contribution is 2.37. The molecule has 0 atom stereocenters. The summed E-state index contributed by atoms with van der Waals surface area (Å²) in [4.78, 5) is 23.2. The van der Waals surface area contributed by atoms with E-state index in [2.05, 4.69) is 37.9 Å². The first-order chi connectivity index (χ1) is 15.6. The molecule has 16 heteroatoms. The van der Waals surface area contributed by atoms with E-state index in [-0.39, 0.29) is 47.4 Å². The van der Waals surface area contributed by atoms with Crippen molar-refractivity contribution in [2.45, 2.75) is 14.7 Å². The maximum Gasteiger partial charge on any atom is 0.324 e. The lowest BCUT2D eigenvalue weighted by Crippen LogP contribution is -1.72. The monoisotopic (exact) mass is 664 g/mol. The highest BCUT2D eigenvalue weighted by molar-refractivity contribution is 7.80. The smallest absolute Gasteiger partial charge is 0.324 e. The van der Waals surface area contributed by atoms with Gasteiger partial charge in [-0.1, -0.05) is 69.6 Å². The molecule has 0 saturated carbocycles. The highest BCUT2D eigenvalue weighted by Gasteiger charge is 2.07. The lowest BCUT2D eigenvalue weighted by Gasteiger charge is -2.00. The molecule has 34 heavy (non-hydrogen) atoms. The molecule has 0 aromatic heterocycles. The molecule has 0 amide bonds. The van der Waals surface area contributed by atoms with E-state index in [1.165, 1.54) is 18.2 Å². The Morgan fingerprint density at radius 2 is 0.647 bits per heavy atom. The van der Waals surface area contributed by atoms with Crippen molar-refractivity contribution in [1.82, 2.24) is 0 Å². The van der Waals surface area contributed by atoms with E-state index in [9.17, 15) is 0 Å². The second-order valence-electron chi connectivity index (χ2n) is 5.46. The molecular weight excluding hydrogens is 652 g/mol. The molecule has 0 bridgehead atoms. The second kappa shape index (κ2) is 16.8. The Labute approximate surface area is 242 Å². The van der Waals surface area contributed by atoms with Crippen LogP contribution in [0, 0.1) is 0 Å². The number of hydrogen-bond donors (Lipinski definition) is 9. The Balaban J connectivity index is 0.000000445. The van der Waals surface area contributed by atoms with Gasteiger partial charge in [0, 0.05) is 14.7 Å². The van der Waals surface area contributed by atoms with E-state index in [0.29, 0.717) is 14.7 Å². The Kier molecular flexibility index (Phi) is 16.9. The average Bonchev–Trinajstić information content (AvgIpc) is 2.78. The van der Waals surface area contributed by atoms with Crippen molar-refractivity contribution in [3.05, 3.63) is 66.5 Å². The van der Waals surface area contributed by atoms with Crippen molar-refractivity contribution in [2.24, 2.45) is 0 Å². The third kappa shape index (κ3) is 11.9. The van der Waals surface area contributed by atoms with Gasteiger partial charge in [0.25, 0.3) is 0 Å². The van der Waals surface area contributed by atoms with Gasteiger partial charge in [-0.25, -0.2) is 0 Å². The predicted molar refractivity (Wildman–Crippen MR) is 150 cm³/mol. The summed E-state index contributed by atoms with van der Waals surface area (Å²) in [6.45, 7) is 0. The molecule has 3 aromatic rings. The van der Waals surface area contributed by atoms with Crippen LogP contribution in [0.5, 0.6) is 17.2 Å². The van der Waals surface area contributed by atoms with Crippen LogP contribution in [0.2, 0.25) is 30.1 Å². The number of aromatic hydroxyl groups is 3. The first-order valence-corrected chi connectivity index (χ1v) is 12.9. The van der Waals surface area contributed by atoms with Crippen LogP contribution in [-0.4, -0.2) is 30.0 Å². The Bertz CT molecular complexity index is 895. The molecule has 3 rings (SSSR count). The Morgan fingerprint density at radius 1 is 0.471 bits per heavy atom. The Morgan fingerprint density at radius 3 is 0.794 bits per heavy atom. The van der Waals surface area contributed by atoms with Crippen molar-refractivity contribution >= 4 is 116 Å². The first kappa shape index (κ1) is 34.2. The van der Waals surface area contributed by atoms with Crippen molar-refractivity contribution in [1.29, 1.82) is 0 Å². The summed E-state index contributed by atoms with van der Waals surface area (Å²) >= 11 is 45.2. The number of phenols is 3. The van der Waals surface area contributed by atoms with Crippen LogP contribution in [0.25, 0.3) is 0 Å². The van der Waals surface area contributed by atoms with Gasteiger partial charge in [-0.2, -0.15) is 0 Å². The second-order valence-corrected chi connectivity index (χ2v) is 9.79. The average molecular weight is 667 g/mol. The van der Waals surface area contributed by atoms with Gasteiger partial charge in [0.1, 0.15) is 0 Å². The summed E-state index contributed by atoms with van der Waals surface area (Å²) < 4.78 is 0. The number of halogens is 6. The molecule has 6 nitrogen and oxygen atoms in total. The third-order valence-electron chi connectivity index (χ3n) is 3.14. The summed E-state index contributed by atoms with van der Waals surface area (Å²) in [5.41, 5.74) is 0. The van der Waals surface area contributed by atoms with Crippen molar-refractivity contribution in [3.63, 3.8) is 0 Å². The summed E-state index contributed by atoms with van der Waals surface area (Å²) in [6, 6.07) is 9.45. The van der Waals surface area contributed by atoms with Crippen molar-refractivity contribution in [2.75, 3.05) is 0 Å². The maximum absolute atomic E-state index is 9.07. The van der Waals surface area contributed by atoms with Gasteiger partial charge in [-0.05, 0) is 36.4 Å². The Hall–Kier alpha value is 0.160. The number of thiol groups is 3. The van der Waals surface area contributed by atoms with Gasteiger partial charge in [-0.3, -0.25) is 0 Å². The normalized spacial score (nSPS) is 9.79. The molecule has 3 aromatic carbocycles. The third-order valence-corrected chi connectivity index (χ3v) is 6.72. The van der Waals surface area contributed by atoms with Gasteiger partial charge in [0.05, 0.1) is 30.1 Å². The van der Waals surface area contributed by atoms with Crippen LogP contribution in [0.15, 0.2) is 51.1 Å². The van der Waals surface area contributed by atoms with Gasteiger partial charge in [-0.15, -0.1) is 37.9 Å². The topological polar surface area (TPSA) is 121 Å².